The number of nitrogens with one attached hydrogen (secondary N) is 1. The molecule has 0 bridgehead atoms. The zero-order chi connectivity index (χ0) is 28.4. The molecule has 0 saturated carbocycles. The van der Waals surface area contributed by atoms with Crippen molar-refractivity contribution in [2.24, 2.45) is 0 Å². The Morgan fingerprint density at radius 2 is 1.64 bits per heavy atom. The summed E-state index contributed by atoms with van der Waals surface area (Å²) in [5.74, 6) is -0.228. The lowest BCUT2D eigenvalue weighted by Crippen LogP contribution is -2.53. The molecular formula is C29H34ClN3O5S. The SMILES string of the molecule is CCCNC(=O)C(Cc1ccccc1)N(Cc1cccc(OC)c1)C(=O)CN(c1ccc(Cl)cc1)S(C)(=O)=O. The van der Waals surface area contributed by atoms with Crippen LogP contribution < -0.4 is 14.4 Å². The number of amides is 2. The van der Waals surface area contributed by atoms with Crippen LogP contribution in [0.3, 0.4) is 0 Å². The van der Waals surface area contributed by atoms with Crippen molar-refractivity contribution in [1.82, 2.24) is 10.2 Å². The van der Waals surface area contributed by atoms with Gasteiger partial charge in [-0.2, -0.15) is 0 Å². The normalized spacial score (nSPS) is 11.9. The van der Waals surface area contributed by atoms with Crippen LogP contribution in [-0.4, -0.2) is 57.6 Å². The van der Waals surface area contributed by atoms with Crippen LogP contribution in [0.15, 0.2) is 78.9 Å². The highest BCUT2D eigenvalue weighted by molar-refractivity contribution is 7.92. The second-order valence-corrected chi connectivity index (χ2v) is 11.5. The molecule has 1 atom stereocenters. The van der Waals surface area contributed by atoms with Crippen LogP contribution in [0.5, 0.6) is 5.75 Å². The lowest BCUT2D eigenvalue weighted by Gasteiger charge is -2.33. The summed E-state index contributed by atoms with van der Waals surface area (Å²) in [6, 6.07) is 21.9. The van der Waals surface area contributed by atoms with Crippen molar-refractivity contribution in [2.75, 3.05) is 30.8 Å². The third kappa shape index (κ3) is 8.73. The first-order chi connectivity index (χ1) is 18.6. The number of ether oxygens (including phenoxy) is 1. The number of carbonyl (C=O) groups excluding carboxylic acids is 2. The van der Waals surface area contributed by atoms with Gasteiger partial charge in [0.2, 0.25) is 21.8 Å². The van der Waals surface area contributed by atoms with Crippen LogP contribution in [0, 0.1) is 0 Å². The first-order valence-electron chi connectivity index (χ1n) is 12.6. The Morgan fingerprint density at radius 3 is 2.26 bits per heavy atom. The van der Waals surface area contributed by atoms with Gasteiger partial charge in [-0.3, -0.25) is 13.9 Å². The maximum atomic E-state index is 14.0. The molecule has 0 spiro atoms. The van der Waals surface area contributed by atoms with E-state index in [0.29, 0.717) is 23.0 Å². The van der Waals surface area contributed by atoms with E-state index in [1.807, 2.05) is 43.3 Å². The third-order valence-corrected chi connectivity index (χ3v) is 7.49. The minimum Gasteiger partial charge on any atom is -0.497 e. The lowest BCUT2D eigenvalue weighted by molar-refractivity contribution is -0.140. The molecule has 208 valence electrons. The monoisotopic (exact) mass is 571 g/mol. The fraction of sp³-hybridized carbons (Fsp3) is 0.310. The average molecular weight is 572 g/mol. The molecule has 39 heavy (non-hydrogen) atoms. The molecule has 3 rings (SSSR count). The van der Waals surface area contributed by atoms with Gasteiger partial charge in [-0.05, 0) is 53.9 Å². The maximum Gasteiger partial charge on any atom is 0.244 e. The van der Waals surface area contributed by atoms with Crippen molar-refractivity contribution in [3.8, 4) is 5.75 Å². The Morgan fingerprint density at radius 1 is 0.974 bits per heavy atom. The van der Waals surface area contributed by atoms with Crippen molar-refractivity contribution in [3.05, 3.63) is 95.0 Å². The van der Waals surface area contributed by atoms with Crippen LogP contribution in [0.4, 0.5) is 5.69 Å². The van der Waals surface area contributed by atoms with Gasteiger partial charge in [0.25, 0.3) is 0 Å². The molecule has 1 N–H and O–H groups in total. The fourth-order valence-corrected chi connectivity index (χ4v) is 5.08. The number of anilines is 1. The van der Waals surface area contributed by atoms with E-state index in [1.165, 1.54) is 4.90 Å². The van der Waals surface area contributed by atoms with E-state index in [-0.39, 0.29) is 18.9 Å². The van der Waals surface area contributed by atoms with Crippen LogP contribution in [0.2, 0.25) is 5.02 Å². The van der Waals surface area contributed by atoms with Crippen molar-refractivity contribution < 1.29 is 22.7 Å². The summed E-state index contributed by atoms with van der Waals surface area (Å²) in [7, 11) is -2.29. The Hall–Kier alpha value is -3.56. The third-order valence-electron chi connectivity index (χ3n) is 6.10. The molecule has 1 unspecified atom stereocenters. The van der Waals surface area contributed by atoms with Gasteiger partial charge < -0.3 is 15.0 Å². The summed E-state index contributed by atoms with van der Waals surface area (Å²) in [5, 5.41) is 3.35. The first kappa shape index (κ1) is 30.0. The molecule has 0 radical (unpaired) electrons. The summed E-state index contributed by atoms with van der Waals surface area (Å²) in [6.45, 7) is 1.98. The van der Waals surface area contributed by atoms with Crippen LogP contribution in [0.25, 0.3) is 0 Å². The summed E-state index contributed by atoms with van der Waals surface area (Å²) >= 11 is 6.00. The topological polar surface area (TPSA) is 96.0 Å². The minimum atomic E-state index is -3.84. The number of rotatable bonds is 13. The first-order valence-corrected chi connectivity index (χ1v) is 14.8. The van der Waals surface area contributed by atoms with E-state index in [4.69, 9.17) is 16.3 Å². The molecule has 3 aromatic rings. The molecule has 0 saturated heterocycles. The number of sulfonamides is 1. The van der Waals surface area contributed by atoms with Gasteiger partial charge in [0.05, 0.1) is 19.1 Å². The Kier molecular flexibility index (Phi) is 10.8. The largest absolute Gasteiger partial charge is 0.497 e. The van der Waals surface area contributed by atoms with E-state index >= 15 is 0 Å². The van der Waals surface area contributed by atoms with Gasteiger partial charge in [-0.25, -0.2) is 8.42 Å². The van der Waals surface area contributed by atoms with Crippen molar-refractivity contribution in [2.45, 2.75) is 32.4 Å². The summed E-state index contributed by atoms with van der Waals surface area (Å²) in [4.78, 5) is 28.9. The van der Waals surface area contributed by atoms with Crippen LogP contribution >= 0.6 is 11.6 Å². The standard InChI is InChI=1S/C29H34ClN3O5S/c1-4-17-31-29(35)27(19-22-9-6-5-7-10-22)32(20-23-11-8-12-26(18-23)38-2)28(34)21-33(39(3,36)37)25-15-13-24(30)14-16-25/h5-16,18,27H,4,17,19-21H2,1-3H3,(H,31,35). The molecule has 10 heteroatoms. The van der Waals surface area contributed by atoms with Gasteiger partial charge >= 0.3 is 0 Å². The average Bonchev–Trinajstić information content (AvgIpc) is 2.92. The number of hydrogen-bond donors (Lipinski definition) is 1. The number of nitrogens with zero attached hydrogens (tertiary/aromatic N) is 2. The quantitative estimate of drug-likeness (QED) is 0.330. The zero-order valence-electron chi connectivity index (χ0n) is 22.3. The highest BCUT2D eigenvalue weighted by Crippen LogP contribution is 2.23. The summed E-state index contributed by atoms with van der Waals surface area (Å²) in [6.07, 6.45) is 2.02. The van der Waals surface area contributed by atoms with Crippen LogP contribution in [0.1, 0.15) is 24.5 Å². The van der Waals surface area contributed by atoms with Gasteiger partial charge in [0.15, 0.2) is 0 Å². The second-order valence-electron chi connectivity index (χ2n) is 9.12. The van der Waals surface area contributed by atoms with Crippen molar-refractivity contribution >= 4 is 39.1 Å². The molecule has 0 heterocycles. The predicted molar refractivity (Wildman–Crippen MR) is 154 cm³/mol. The molecule has 0 fully saturated rings. The highest BCUT2D eigenvalue weighted by atomic mass is 35.5. The van der Waals surface area contributed by atoms with Crippen molar-refractivity contribution in [1.29, 1.82) is 0 Å². The number of benzene rings is 3. The predicted octanol–water partition coefficient (Wildman–Crippen LogP) is 4.28. The van der Waals surface area contributed by atoms with E-state index in [9.17, 15) is 18.0 Å². The minimum absolute atomic E-state index is 0.0747. The Bertz CT molecular complexity index is 1350. The highest BCUT2D eigenvalue weighted by Gasteiger charge is 2.33. The van der Waals surface area contributed by atoms with Crippen LogP contribution in [-0.2, 0) is 32.6 Å². The molecular weight excluding hydrogens is 538 g/mol. The van der Waals surface area contributed by atoms with E-state index in [1.54, 1.807) is 49.6 Å². The molecule has 8 nitrogen and oxygen atoms in total. The molecule has 0 aliphatic rings. The zero-order valence-corrected chi connectivity index (χ0v) is 23.9. The summed E-state index contributed by atoms with van der Waals surface area (Å²) < 4.78 is 31.9. The lowest BCUT2D eigenvalue weighted by atomic mass is 10.0. The van der Waals surface area contributed by atoms with Crippen molar-refractivity contribution in [3.63, 3.8) is 0 Å². The number of methoxy groups -OCH3 is 1. The molecule has 0 aliphatic heterocycles. The Balaban J connectivity index is 2.04. The maximum absolute atomic E-state index is 14.0. The fourth-order valence-electron chi connectivity index (χ4n) is 4.11. The van der Waals surface area contributed by atoms with Gasteiger partial charge in [-0.15, -0.1) is 0 Å². The smallest absolute Gasteiger partial charge is 0.244 e. The van der Waals surface area contributed by atoms with E-state index in [0.717, 1.165) is 28.1 Å². The Labute approximate surface area is 235 Å². The second kappa shape index (κ2) is 14.0. The van der Waals surface area contributed by atoms with Gasteiger partial charge in [0, 0.05) is 24.5 Å². The van der Waals surface area contributed by atoms with E-state index in [2.05, 4.69) is 5.32 Å². The molecule has 2 amide bonds. The molecule has 0 aromatic heterocycles. The summed E-state index contributed by atoms with van der Waals surface area (Å²) in [5.41, 5.74) is 1.91. The number of halogens is 1. The molecule has 0 aliphatic carbocycles. The molecule has 3 aromatic carbocycles. The van der Waals surface area contributed by atoms with Gasteiger partial charge in [-0.1, -0.05) is 61.0 Å². The van der Waals surface area contributed by atoms with Gasteiger partial charge in [0.1, 0.15) is 18.3 Å². The number of hydrogen-bond acceptors (Lipinski definition) is 5. The number of carbonyl (C=O) groups is 2. The van der Waals surface area contributed by atoms with E-state index < -0.39 is 28.5 Å².